The molecule has 0 bridgehead atoms. The second-order valence-corrected chi connectivity index (χ2v) is 4.28. The van der Waals surface area contributed by atoms with E-state index in [-0.39, 0.29) is 0 Å². The molecule has 0 amide bonds. The maximum atomic E-state index is 12.4. The fraction of sp³-hybridized carbons (Fsp3) is 0.200. The van der Waals surface area contributed by atoms with Crippen LogP contribution in [-0.4, -0.2) is 7.11 Å². The van der Waals surface area contributed by atoms with Crippen LogP contribution in [0.1, 0.15) is 11.1 Å². The number of ether oxygens (including phenoxy) is 1. The molecule has 0 aliphatic carbocycles. The van der Waals surface area contributed by atoms with Crippen molar-refractivity contribution in [2.75, 3.05) is 12.4 Å². The summed E-state index contributed by atoms with van der Waals surface area (Å²) in [5.74, 6) is 0.767. The lowest BCUT2D eigenvalue weighted by atomic mass is 10.2. The number of hydrogen-bond donors (Lipinski definition) is 1. The highest BCUT2D eigenvalue weighted by Gasteiger charge is 2.29. The minimum atomic E-state index is -4.30. The first-order chi connectivity index (χ1) is 9.49. The first-order valence-electron chi connectivity index (χ1n) is 6.03. The molecule has 1 N–H and O–H groups in total. The van der Waals surface area contributed by atoms with Crippen LogP contribution in [0, 0.1) is 0 Å². The van der Waals surface area contributed by atoms with Gasteiger partial charge < -0.3 is 10.1 Å². The molecule has 2 aromatic carbocycles. The average Bonchev–Trinajstić information content (AvgIpc) is 2.45. The third kappa shape index (κ3) is 3.66. The molecule has 20 heavy (non-hydrogen) atoms. The van der Waals surface area contributed by atoms with Gasteiger partial charge in [-0.1, -0.05) is 12.1 Å². The highest BCUT2D eigenvalue weighted by atomic mass is 19.4. The number of alkyl halides is 3. The zero-order valence-electron chi connectivity index (χ0n) is 10.9. The van der Waals surface area contributed by atoms with Crippen LogP contribution in [0.3, 0.4) is 0 Å². The number of benzene rings is 2. The fourth-order valence-electron chi connectivity index (χ4n) is 1.72. The quantitative estimate of drug-likeness (QED) is 0.900. The van der Waals surface area contributed by atoms with Gasteiger partial charge in [0.2, 0.25) is 0 Å². The molecule has 0 aromatic heterocycles. The maximum Gasteiger partial charge on any atom is 0.416 e. The Kier molecular flexibility index (Phi) is 4.17. The first-order valence-corrected chi connectivity index (χ1v) is 6.03. The number of anilines is 1. The molecule has 0 aliphatic rings. The lowest BCUT2D eigenvalue weighted by Gasteiger charge is -2.10. The minimum absolute atomic E-state index is 0.537. The zero-order valence-corrected chi connectivity index (χ0v) is 10.9. The van der Waals surface area contributed by atoms with Crippen molar-refractivity contribution in [1.29, 1.82) is 0 Å². The van der Waals surface area contributed by atoms with Crippen LogP contribution in [-0.2, 0) is 12.7 Å². The predicted molar refractivity (Wildman–Crippen MR) is 71.8 cm³/mol. The molecule has 0 spiro atoms. The van der Waals surface area contributed by atoms with E-state index in [0.29, 0.717) is 12.2 Å². The van der Waals surface area contributed by atoms with Gasteiger partial charge in [-0.15, -0.1) is 0 Å². The van der Waals surface area contributed by atoms with Crippen molar-refractivity contribution < 1.29 is 17.9 Å². The van der Waals surface area contributed by atoms with Gasteiger partial charge in [-0.05, 0) is 42.0 Å². The van der Waals surface area contributed by atoms with E-state index in [1.54, 1.807) is 7.11 Å². The molecule has 5 heteroatoms. The second kappa shape index (κ2) is 5.86. The Morgan fingerprint density at radius 1 is 0.950 bits per heavy atom. The summed E-state index contributed by atoms with van der Waals surface area (Å²) in [6.07, 6.45) is -4.30. The Morgan fingerprint density at radius 3 is 2.05 bits per heavy atom. The third-order valence-corrected chi connectivity index (χ3v) is 2.87. The summed E-state index contributed by atoms with van der Waals surface area (Å²) in [7, 11) is 1.59. The molecular weight excluding hydrogens is 267 g/mol. The molecule has 106 valence electrons. The Labute approximate surface area is 115 Å². The molecule has 0 aliphatic heterocycles. The van der Waals surface area contributed by atoms with Crippen LogP contribution in [0.4, 0.5) is 18.9 Å². The van der Waals surface area contributed by atoms with E-state index in [1.165, 1.54) is 12.1 Å². The second-order valence-electron chi connectivity index (χ2n) is 4.28. The number of methoxy groups -OCH3 is 1. The van der Waals surface area contributed by atoms with Gasteiger partial charge in [-0.2, -0.15) is 13.2 Å². The normalized spacial score (nSPS) is 11.2. The monoisotopic (exact) mass is 281 g/mol. The summed E-state index contributed by atoms with van der Waals surface area (Å²) in [5.41, 5.74) is 1.02. The van der Waals surface area contributed by atoms with Gasteiger partial charge >= 0.3 is 6.18 Å². The Balaban J connectivity index is 1.96. The molecule has 2 rings (SSSR count). The van der Waals surface area contributed by atoms with Gasteiger partial charge in [0.15, 0.2) is 0 Å². The molecular formula is C15H14F3NO. The first kappa shape index (κ1) is 14.2. The van der Waals surface area contributed by atoms with Crippen LogP contribution in [0.25, 0.3) is 0 Å². The Bertz CT molecular complexity index is 547. The highest BCUT2D eigenvalue weighted by Crippen LogP contribution is 2.29. The molecule has 0 saturated heterocycles. The van der Waals surface area contributed by atoms with Crippen molar-refractivity contribution in [2.24, 2.45) is 0 Å². The lowest BCUT2D eigenvalue weighted by molar-refractivity contribution is -0.137. The fourth-order valence-corrected chi connectivity index (χ4v) is 1.72. The van der Waals surface area contributed by atoms with Crippen LogP contribution >= 0.6 is 0 Å². The number of hydrogen-bond acceptors (Lipinski definition) is 2. The molecule has 0 atom stereocenters. The van der Waals surface area contributed by atoms with E-state index < -0.39 is 11.7 Å². The standard InChI is InChI=1S/C15H14F3NO/c1-20-14-8-2-11(3-9-14)10-19-13-6-4-12(5-7-13)15(16,17)18/h2-9,19H,10H2,1H3. The molecule has 0 heterocycles. The van der Waals surface area contributed by atoms with E-state index >= 15 is 0 Å². The molecule has 0 radical (unpaired) electrons. The summed E-state index contributed by atoms with van der Waals surface area (Å²) in [6.45, 7) is 0.537. The molecule has 2 aromatic rings. The van der Waals surface area contributed by atoms with Gasteiger partial charge in [0.05, 0.1) is 12.7 Å². The summed E-state index contributed by atoms with van der Waals surface area (Å²) < 4.78 is 42.3. The smallest absolute Gasteiger partial charge is 0.416 e. The summed E-state index contributed by atoms with van der Waals surface area (Å²) >= 11 is 0. The van der Waals surface area contributed by atoms with E-state index in [1.807, 2.05) is 24.3 Å². The van der Waals surface area contributed by atoms with Crippen LogP contribution in [0.5, 0.6) is 5.75 Å². The van der Waals surface area contributed by atoms with Gasteiger partial charge in [-0.3, -0.25) is 0 Å². The van der Waals surface area contributed by atoms with Crippen LogP contribution in [0.15, 0.2) is 48.5 Å². The van der Waals surface area contributed by atoms with Crippen molar-refractivity contribution in [1.82, 2.24) is 0 Å². The molecule has 0 fully saturated rings. The summed E-state index contributed by atoms with van der Waals surface area (Å²) in [4.78, 5) is 0. The van der Waals surface area contributed by atoms with E-state index in [9.17, 15) is 13.2 Å². The van der Waals surface area contributed by atoms with E-state index in [0.717, 1.165) is 23.4 Å². The van der Waals surface area contributed by atoms with Gasteiger partial charge in [-0.25, -0.2) is 0 Å². The predicted octanol–water partition coefficient (Wildman–Crippen LogP) is 4.33. The van der Waals surface area contributed by atoms with Gasteiger partial charge in [0.1, 0.15) is 5.75 Å². The summed E-state index contributed by atoms with van der Waals surface area (Å²) in [6, 6.07) is 12.4. The largest absolute Gasteiger partial charge is 0.497 e. The van der Waals surface area contributed by atoms with Crippen molar-refractivity contribution >= 4 is 5.69 Å². The molecule has 0 unspecified atom stereocenters. The minimum Gasteiger partial charge on any atom is -0.497 e. The van der Waals surface area contributed by atoms with Gasteiger partial charge in [0, 0.05) is 12.2 Å². The van der Waals surface area contributed by atoms with Crippen molar-refractivity contribution in [3.05, 3.63) is 59.7 Å². The van der Waals surface area contributed by atoms with E-state index in [4.69, 9.17) is 4.74 Å². The number of nitrogens with one attached hydrogen (secondary N) is 1. The van der Waals surface area contributed by atoms with Gasteiger partial charge in [0.25, 0.3) is 0 Å². The Morgan fingerprint density at radius 2 is 1.55 bits per heavy atom. The van der Waals surface area contributed by atoms with Crippen molar-refractivity contribution in [2.45, 2.75) is 12.7 Å². The highest BCUT2D eigenvalue weighted by molar-refractivity contribution is 5.45. The zero-order chi connectivity index (χ0) is 14.6. The number of rotatable bonds is 4. The van der Waals surface area contributed by atoms with Crippen molar-refractivity contribution in [3.63, 3.8) is 0 Å². The maximum absolute atomic E-state index is 12.4. The molecule has 0 saturated carbocycles. The topological polar surface area (TPSA) is 21.3 Å². The SMILES string of the molecule is COc1ccc(CNc2ccc(C(F)(F)F)cc2)cc1. The lowest BCUT2D eigenvalue weighted by Crippen LogP contribution is -2.05. The third-order valence-electron chi connectivity index (χ3n) is 2.87. The average molecular weight is 281 g/mol. The van der Waals surface area contributed by atoms with Crippen molar-refractivity contribution in [3.8, 4) is 5.75 Å². The molecule has 2 nitrogen and oxygen atoms in total. The summed E-state index contributed by atoms with van der Waals surface area (Å²) in [5, 5.41) is 3.07. The van der Waals surface area contributed by atoms with Crippen LogP contribution < -0.4 is 10.1 Å². The van der Waals surface area contributed by atoms with E-state index in [2.05, 4.69) is 5.32 Å². The Hall–Kier alpha value is -2.17. The number of halogens is 3. The van der Waals surface area contributed by atoms with Crippen LogP contribution in [0.2, 0.25) is 0 Å².